The van der Waals surface area contributed by atoms with Gasteiger partial charge >= 0.3 is 0 Å². The third-order valence-corrected chi connectivity index (χ3v) is 6.89. The Bertz CT molecular complexity index is 1070. The molecule has 0 saturated carbocycles. The van der Waals surface area contributed by atoms with E-state index in [2.05, 4.69) is 50.4 Å². The van der Waals surface area contributed by atoms with Crippen LogP contribution in [0.25, 0.3) is 0 Å². The Morgan fingerprint density at radius 2 is 1.81 bits per heavy atom. The average molecular weight is 447 g/mol. The quantitative estimate of drug-likeness (QED) is 0.532. The van der Waals surface area contributed by atoms with Crippen LogP contribution >= 0.6 is 11.3 Å². The standard InChI is InChI=1S/C27H30N2O2S/c1-18(2)17-29-25(23-9-6-16-32-23)24(21-7-4-5-8-22(21)27(29)31)26(30)28-15-14-20-12-10-19(3)11-13-20/h4-13,16,18,24-25H,14-15,17H2,1-3H3,(H,28,30)/t24-,25+/m1/s1. The topological polar surface area (TPSA) is 49.4 Å². The molecule has 1 N–H and O–H groups in total. The highest BCUT2D eigenvalue weighted by Crippen LogP contribution is 2.44. The smallest absolute Gasteiger partial charge is 0.254 e. The molecule has 0 bridgehead atoms. The SMILES string of the molecule is Cc1ccc(CCNC(=O)[C@@H]2c3ccccc3C(=O)N(CC(C)C)[C@H]2c2cccs2)cc1. The Labute approximate surface area is 194 Å². The van der Waals surface area contributed by atoms with Crippen LogP contribution in [0.1, 0.15) is 57.7 Å². The summed E-state index contributed by atoms with van der Waals surface area (Å²) in [5.41, 5.74) is 3.89. The van der Waals surface area contributed by atoms with Crippen LogP contribution in [0.2, 0.25) is 0 Å². The van der Waals surface area contributed by atoms with E-state index in [0.29, 0.717) is 24.6 Å². The molecule has 5 heteroatoms. The number of nitrogens with zero attached hydrogens (tertiary/aromatic N) is 1. The molecule has 2 amide bonds. The van der Waals surface area contributed by atoms with E-state index in [1.807, 2.05) is 46.7 Å². The van der Waals surface area contributed by atoms with Gasteiger partial charge in [-0.2, -0.15) is 0 Å². The van der Waals surface area contributed by atoms with Gasteiger partial charge < -0.3 is 10.2 Å². The van der Waals surface area contributed by atoms with Crippen molar-refractivity contribution in [1.29, 1.82) is 0 Å². The van der Waals surface area contributed by atoms with Crippen molar-refractivity contribution in [3.63, 3.8) is 0 Å². The van der Waals surface area contributed by atoms with E-state index < -0.39 is 5.92 Å². The third-order valence-electron chi connectivity index (χ3n) is 5.95. The molecule has 0 radical (unpaired) electrons. The first-order valence-corrected chi connectivity index (χ1v) is 12.1. The van der Waals surface area contributed by atoms with Gasteiger partial charge in [0.25, 0.3) is 5.91 Å². The van der Waals surface area contributed by atoms with Crippen molar-refractivity contribution in [2.45, 2.75) is 39.2 Å². The van der Waals surface area contributed by atoms with Crippen LogP contribution in [0.15, 0.2) is 66.0 Å². The van der Waals surface area contributed by atoms with Gasteiger partial charge in [0.2, 0.25) is 5.91 Å². The Kier molecular flexibility index (Phi) is 6.75. The predicted octanol–water partition coefficient (Wildman–Crippen LogP) is 5.35. The molecule has 3 aromatic rings. The summed E-state index contributed by atoms with van der Waals surface area (Å²) in [6.45, 7) is 7.46. The van der Waals surface area contributed by atoms with Gasteiger partial charge in [0.05, 0.1) is 12.0 Å². The molecule has 4 rings (SSSR count). The number of hydrogen-bond acceptors (Lipinski definition) is 3. The van der Waals surface area contributed by atoms with Crippen LogP contribution in [0.3, 0.4) is 0 Å². The van der Waals surface area contributed by atoms with Crippen LogP contribution in [-0.2, 0) is 11.2 Å². The monoisotopic (exact) mass is 446 g/mol. The fraction of sp³-hybridized carbons (Fsp3) is 0.333. The lowest BCUT2D eigenvalue weighted by Gasteiger charge is -2.42. The zero-order chi connectivity index (χ0) is 22.7. The van der Waals surface area contributed by atoms with E-state index in [-0.39, 0.29) is 17.9 Å². The first-order chi connectivity index (χ1) is 15.5. The number of fused-ring (bicyclic) bond motifs is 1. The molecule has 4 nitrogen and oxygen atoms in total. The van der Waals surface area contributed by atoms with Gasteiger partial charge in [-0.25, -0.2) is 0 Å². The third kappa shape index (κ3) is 4.63. The van der Waals surface area contributed by atoms with Crippen LogP contribution in [0.4, 0.5) is 0 Å². The van der Waals surface area contributed by atoms with Crippen LogP contribution in [0, 0.1) is 12.8 Å². The van der Waals surface area contributed by atoms with E-state index in [1.54, 1.807) is 11.3 Å². The highest BCUT2D eigenvalue weighted by molar-refractivity contribution is 7.10. The van der Waals surface area contributed by atoms with Crippen LogP contribution in [-0.4, -0.2) is 29.8 Å². The molecule has 1 aliphatic heterocycles. The van der Waals surface area contributed by atoms with Gasteiger partial charge in [0.15, 0.2) is 0 Å². The van der Waals surface area contributed by atoms with Crippen molar-refractivity contribution in [3.05, 3.63) is 93.2 Å². The fourth-order valence-corrected chi connectivity index (χ4v) is 5.31. The Morgan fingerprint density at radius 1 is 1.06 bits per heavy atom. The number of nitrogens with one attached hydrogen (secondary N) is 1. The number of amides is 2. The molecule has 0 unspecified atom stereocenters. The van der Waals surface area contributed by atoms with Crippen molar-refractivity contribution in [3.8, 4) is 0 Å². The molecule has 1 aromatic heterocycles. The molecule has 0 saturated heterocycles. The van der Waals surface area contributed by atoms with E-state index in [0.717, 1.165) is 16.9 Å². The molecule has 1 aliphatic rings. The molecule has 32 heavy (non-hydrogen) atoms. The minimum Gasteiger partial charge on any atom is -0.355 e. The fourth-order valence-electron chi connectivity index (χ4n) is 4.44. The molecule has 0 fully saturated rings. The second-order valence-electron chi connectivity index (χ2n) is 8.90. The molecule has 0 aliphatic carbocycles. The van der Waals surface area contributed by atoms with Crippen LogP contribution < -0.4 is 5.32 Å². The number of carbonyl (C=O) groups excluding carboxylic acids is 2. The lowest BCUT2D eigenvalue weighted by molar-refractivity contribution is -0.124. The number of hydrogen-bond donors (Lipinski definition) is 1. The minimum atomic E-state index is -0.431. The number of thiophene rings is 1. The molecule has 2 atom stereocenters. The maximum absolute atomic E-state index is 13.6. The van der Waals surface area contributed by atoms with Gasteiger partial charge in [0, 0.05) is 23.5 Å². The molecule has 166 valence electrons. The van der Waals surface area contributed by atoms with Gasteiger partial charge in [-0.15, -0.1) is 11.3 Å². The summed E-state index contributed by atoms with van der Waals surface area (Å²) < 4.78 is 0. The predicted molar refractivity (Wildman–Crippen MR) is 130 cm³/mol. The number of benzene rings is 2. The molecular weight excluding hydrogens is 416 g/mol. The van der Waals surface area contributed by atoms with Gasteiger partial charge in [-0.05, 0) is 47.9 Å². The molecule has 0 spiro atoms. The van der Waals surface area contributed by atoms with Crippen molar-refractivity contribution in [1.82, 2.24) is 10.2 Å². The highest BCUT2D eigenvalue weighted by Gasteiger charge is 2.44. The lowest BCUT2D eigenvalue weighted by Crippen LogP contribution is -2.48. The molecular formula is C27H30N2O2S. The summed E-state index contributed by atoms with van der Waals surface area (Å²) in [5, 5.41) is 5.18. The van der Waals surface area contributed by atoms with E-state index in [9.17, 15) is 9.59 Å². The number of rotatable bonds is 7. The van der Waals surface area contributed by atoms with E-state index >= 15 is 0 Å². The Balaban J connectivity index is 1.64. The highest BCUT2D eigenvalue weighted by atomic mass is 32.1. The van der Waals surface area contributed by atoms with Crippen LogP contribution in [0.5, 0.6) is 0 Å². The maximum Gasteiger partial charge on any atom is 0.254 e. The summed E-state index contributed by atoms with van der Waals surface area (Å²) in [7, 11) is 0. The molecule has 2 aromatic carbocycles. The normalized spacial score (nSPS) is 18.0. The maximum atomic E-state index is 13.6. The largest absolute Gasteiger partial charge is 0.355 e. The number of aryl methyl sites for hydroxylation is 1. The van der Waals surface area contributed by atoms with Crippen molar-refractivity contribution < 1.29 is 9.59 Å². The zero-order valence-corrected chi connectivity index (χ0v) is 19.7. The van der Waals surface area contributed by atoms with Crippen molar-refractivity contribution in [2.24, 2.45) is 5.92 Å². The van der Waals surface area contributed by atoms with Crippen molar-refractivity contribution >= 4 is 23.2 Å². The summed E-state index contributed by atoms with van der Waals surface area (Å²) in [6.07, 6.45) is 0.776. The summed E-state index contributed by atoms with van der Waals surface area (Å²) >= 11 is 1.61. The van der Waals surface area contributed by atoms with Crippen molar-refractivity contribution in [2.75, 3.05) is 13.1 Å². The minimum absolute atomic E-state index is 0.0106. The summed E-state index contributed by atoms with van der Waals surface area (Å²) in [6, 6.07) is 19.7. The summed E-state index contributed by atoms with van der Waals surface area (Å²) in [5.74, 6) is -0.142. The Hall–Kier alpha value is -2.92. The number of carbonyl (C=O) groups is 2. The van der Waals surface area contributed by atoms with Gasteiger partial charge in [-0.3, -0.25) is 9.59 Å². The van der Waals surface area contributed by atoms with Gasteiger partial charge in [-0.1, -0.05) is 67.9 Å². The first-order valence-electron chi connectivity index (χ1n) is 11.2. The average Bonchev–Trinajstić information content (AvgIpc) is 3.31. The summed E-state index contributed by atoms with van der Waals surface area (Å²) in [4.78, 5) is 30.0. The Morgan fingerprint density at radius 3 is 2.50 bits per heavy atom. The van der Waals surface area contributed by atoms with Gasteiger partial charge in [0.1, 0.15) is 0 Å². The molecule has 2 heterocycles. The van der Waals surface area contributed by atoms with E-state index in [4.69, 9.17) is 0 Å². The first kappa shape index (κ1) is 22.3. The second-order valence-corrected chi connectivity index (χ2v) is 9.88. The second kappa shape index (κ2) is 9.70. The zero-order valence-electron chi connectivity index (χ0n) is 18.9. The van der Waals surface area contributed by atoms with E-state index in [1.165, 1.54) is 11.1 Å². The lowest BCUT2D eigenvalue weighted by atomic mass is 9.81.